The van der Waals surface area contributed by atoms with Crippen molar-refractivity contribution in [3.8, 4) is 17.6 Å². The summed E-state index contributed by atoms with van der Waals surface area (Å²) in [7, 11) is 0. The lowest BCUT2D eigenvalue weighted by Gasteiger charge is -2.26. The number of thiazole rings is 1. The Balaban J connectivity index is 1.61. The van der Waals surface area contributed by atoms with Gasteiger partial charge in [0.2, 0.25) is 5.75 Å². The minimum absolute atomic E-state index is 0.0226. The van der Waals surface area contributed by atoms with Gasteiger partial charge in [-0.25, -0.2) is 9.79 Å². The quantitative estimate of drug-likeness (QED) is 0.115. The molecule has 0 aliphatic carbocycles. The van der Waals surface area contributed by atoms with Gasteiger partial charge in [0, 0.05) is 11.6 Å². The van der Waals surface area contributed by atoms with Crippen molar-refractivity contribution in [1.82, 2.24) is 4.57 Å². The highest BCUT2D eigenvalue weighted by atomic mass is 79.9. The number of ether oxygens (including phenoxy) is 3. The Hall–Kier alpha value is -5.06. The molecule has 1 aliphatic rings. The van der Waals surface area contributed by atoms with Crippen LogP contribution in [0.1, 0.15) is 56.0 Å². The number of nitro benzene ring substituents is 1. The van der Waals surface area contributed by atoms with Gasteiger partial charge in [-0.15, -0.1) is 0 Å². The molecule has 0 saturated heterocycles. The number of aromatic nitrogens is 1. The number of nitrogens with zero attached hydrogens (tertiary/aromatic N) is 4. The van der Waals surface area contributed by atoms with Crippen LogP contribution >= 0.6 is 27.3 Å². The molecule has 13 heteroatoms. The van der Waals surface area contributed by atoms with E-state index in [4.69, 9.17) is 19.5 Å². The van der Waals surface area contributed by atoms with E-state index in [0.29, 0.717) is 37.4 Å². The standard InChI is InChI=1S/C34H29BrN4O7S/c1-5-44-33(41)29-20(4)37-34-38(30(29)24-8-6-7-9-27(24)46-19(2)3)32(40)28(47-34)16-23-14-25(35)31(26(15-23)39(42)43)45-18-22-12-10-21(17-36)11-13-22/h6-16,19,30H,5,18H2,1-4H3/b28-16-/t30-/m0/s1. The number of rotatable bonds is 10. The first-order valence-corrected chi connectivity index (χ1v) is 16.2. The summed E-state index contributed by atoms with van der Waals surface area (Å²) in [6.45, 7) is 7.34. The maximum atomic E-state index is 14.1. The molecule has 0 bridgehead atoms. The van der Waals surface area contributed by atoms with Gasteiger partial charge in [0.15, 0.2) is 4.80 Å². The molecule has 3 aromatic carbocycles. The van der Waals surface area contributed by atoms with E-state index in [0.717, 1.165) is 16.9 Å². The van der Waals surface area contributed by atoms with Gasteiger partial charge < -0.3 is 14.2 Å². The van der Waals surface area contributed by atoms with Crippen LogP contribution in [0.25, 0.3) is 6.08 Å². The van der Waals surface area contributed by atoms with Crippen LogP contribution in [0.2, 0.25) is 0 Å². The molecule has 4 aromatic rings. The Kier molecular flexibility index (Phi) is 10.0. The van der Waals surface area contributed by atoms with E-state index in [2.05, 4.69) is 20.9 Å². The number of allylic oxidation sites excluding steroid dienone is 1. The van der Waals surface area contributed by atoms with Crippen LogP contribution in [0.4, 0.5) is 5.69 Å². The Morgan fingerprint density at radius 1 is 1.21 bits per heavy atom. The van der Waals surface area contributed by atoms with Gasteiger partial charge in [-0.1, -0.05) is 41.7 Å². The van der Waals surface area contributed by atoms with Crippen molar-refractivity contribution in [3.05, 3.63) is 128 Å². The number of hydrogen-bond donors (Lipinski definition) is 0. The third-order valence-corrected chi connectivity index (χ3v) is 8.67. The van der Waals surface area contributed by atoms with Crippen LogP contribution in [0.3, 0.4) is 0 Å². The van der Waals surface area contributed by atoms with Gasteiger partial charge in [-0.3, -0.25) is 19.5 Å². The fourth-order valence-corrected chi connectivity index (χ4v) is 6.73. The molecule has 2 heterocycles. The zero-order valence-electron chi connectivity index (χ0n) is 25.9. The number of nitro groups is 1. The highest BCUT2D eigenvalue weighted by Crippen LogP contribution is 2.38. The molecule has 47 heavy (non-hydrogen) atoms. The number of para-hydroxylation sites is 1. The molecule has 240 valence electrons. The monoisotopic (exact) mass is 716 g/mol. The highest BCUT2D eigenvalue weighted by Gasteiger charge is 2.35. The fraction of sp³-hybridized carbons (Fsp3) is 0.235. The van der Waals surface area contributed by atoms with Crippen LogP contribution in [-0.2, 0) is 16.1 Å². The van der Waals surface area contributed by atoms with Crippen LogP contribution in [0.5, 0.6) is 11.5 Å². The number of carbonyl (C=O) groups excluding carboxylic acids is 1. The summed E-state index contributed by atoms with van der Waals surface area (Å²) < 4.78 is 19.3. The van der Waals surface area contributed by atoms with Gasteiger partial charge in [0.1, 0.15) is 18.4 Å². The normalized spacial score (nSPS) is 14.3. The van der Waals surface area contributed by atoms with Gasteiger partial charge in [0.25, 0.3) is 5.56 Å². The molecule has 0 unspecified atom stereocenters. The number of carbonyl (C=O) groups is 1. The van der Waals surface area contributed by atoms with Crippen molar-refractivity contribution in [1.29, 1.82) is 5.26 Å². The molecule has 0 spiro atoms. The van der Waals surface area contributed by atoms with Crippen LogP contribution in [0.15, 0.2) is 86.2 Å². The number of esters is 1. The largest absolute Gasteiger partial charge is 0.491 e. The molecular formula is C34H29BrN4O7S. The summed E-state index contributed by atoms with van der Waals surface area (Å²) in [5.41, 5.74) is 2.06. The van der Waals surface area contributed by atoms with E-state index < -0.39 is 22.5 Å². The third-order valence-electron chi connectivity index (χ3n) is 7.10. The Labute approximate surface area is 282 Å². The lowest BCUT2D eigenvalue weighted by Crippen LogP contribution is -2.40. The summed E-state index contributed by atoms with van der Waals surface area (Å²) in [5.74, 6) is -0.0623. The van der Waals surface area contributed by atoms with Crippen molar-refractivity contribution >= 4 is 45.0 Å². The molecule has 1 aliphatic heterocycles. The average molecular weight is 718 g/mol. The smallest absolute Gasteiger partial charge is 0.338 e. The van der Waals surface area contributed by atoms with E-state index >= 15 is 0 Å². The molecule has 0 fully saturated rings. The molecular weight excluding hydrogens is 688 g/mol. The summed E-state index contributed by atoms with van der Waals surface area (Å²) in [5, 5.41) is 21.1. The van der Waals surface area contributed by atoms with E-state index in [9.17, 15) is 19.7 Å². The van der Waals surface area contributed by atoms with E-state index in [1.807, 2.05) is 26.0 Å². The fourth-order valence-electron chi connectivity index (χ4n) is 5.10. The summed E-state index contributed by atoms with van der Waals surface area (Å²) in [6, 6.07) is 18.0. The summed E-state index contributed by atoms with van der Waals surface area (Å²) in [4.78, 5) is 43.9. The first-order chi connectivity index (χ1) is 22.5. The van der Waals surface area contributed by atoms with Gasteiger partial charge >= 0.3 is 11.7 Å². The number of fused-ring (bicyclic) bond motifs is 1. The van der Waals surface area contributed by atoms with Crippen molar-refractivity contribution in [2.24, 2.45) is 4.99 Å². The van der Waals surface area contributed by atoms with Crippen LogP contribution in [-0.4, -0.2) is 28.2 Å². The van der Waals surface area contributed by atoms with Crippen LogP contribution in [0, 0.1) is 21.4 Å². The minimum atomic E-state index is -0.888. The maximum Gasteiger partial charge on any atom is 0.338 e. The molecule has 0 amide bonds. The second-order valence-corrected chi connectivity index (χ2v) is 12.6. The first kappa shape index (κ1) is 33.3. The van der Waals surface area contributed by atoms with Crippen molar-refractivity contribution < 1.29 is 23.9 Å². The minimum Gasteiger partial charge on any atom is -0.491 e. The van der Waals surface area contributed by atoms with Crippen molar-refractivity contribution in [2.75, 3.05) is 6.61 Å². The number of nitriles is 1. The molecule has 0 saturated carbocycles. The lowest BCUT2D eigenvalue weighted by molar-refractivity contribution is -0.386. The third kappa shape index (κ3) is 7.03. The summed E-state index contributed by atoms with van der Waals surface area (Å²) >= 11 is 4.51. The number of hydrogen-bond acceptors (Lipinski definition) is 10. The predicted octanol–water partition coefficient (Wildman–Crippen LogP) is 5.71. The Morgan fingerprint density at radius 3 is 2.60 bits per heavy atom. The Morgan fingerprint density at radius 2 is 1.94 bits per heavy atom. The van der Waals surface area contributed by atoms with E-state index in [-0.39, 0.29) is 40.9 Å². The Bertz CT molecular complexity index is 2130. The van der Waals surface area contributed by atoms with Crippen molar-refractivity contribution in [2.45, 2.75) is 46.4 Å². The second-order valence-electron chi connectivity index (χ2n) is 10.7. The molecule has 11 nitrogen and oxygen atoms in total. The van der Waals surface area contributed by atoms with Gasteiger partial charge in [-0.2, -0.15) is 5.26 Å². The first-order valence-electron chi connectivity index (χ1n) is 14.6. The average Bonchev–Trinajstić information content (AvgIpc) is 3.33. The molecule has 5 rings (SSSR count). The van der Waals surface area contributed by atoms with E-state index in [1.54, 1.807) is 68.5 Å². The number of halogens is 1. The topological polar surface area (TPSA) is 146 Å². The molecule has 1 aromatic heterocycles. The second kappa shape index (κ2) is 14.1. The highest BCUT2D eigenvalue weighted by molar-refractivity contribution is 9.10. The zero-order chi connectivity index (χ0) is 33.8. The summed E-state index contributed by atoms with van der Waals surface area (Å²) in [6.07, 6.45) is 1.37. The molecule has 0 radical (unpaired) electrons. The predicted molar refractivity (Wildman–Crippen MR) is 179 cm³/mol. The van der Waals surface area contributed by atoms with Crippen LogP contribution < -0.4 is 24.4 Å². The SMILES string of the molecule is CCOC(=O)C1=C(C)N=c2s/c(=C\c3cc(Br)c(OCc4ccc(C#N)cc4)c([N+](=O)[O-])c3)c(=O)n2[C@H]1c1ccccc1OC(C)C. The number of benzene rings is 3. The molecule has 1 atom stereocenters. The zero-order valence-corrected chi connectivity index (χ0v) is 28.3. The lowest BCUT2D eigenvalue weighted by atomic mass is 9.95. The van der Waals surface area contributed by atoms with E-state index in [1.165, 1.54) is 10.6 Å². The molecule has 0 N–H and O–H groups in total. The van der Waals surface area contributed by atoms with Gasteiger partial charge in [-0.05, 0) is 85.1 Å². The van der Waals surface area contributed by atoms with Gasteiger partial charge in [0.05, 0.1) is 49.5 Å². The maximum absolute atomic E-state index is 14.1. The van der Waals surface area contributed by atoms with Crippen molar-refractivity contribution in [3.63, 3.8) is 0 Å².